The van der Waals surface area contributed by atoms with Crippen LogP contribution >= 0.6 is 0 Å². The Balaban J connectivity index is 4.20. The van der Waals surface area contributed by atoms with E-state index in [9.17, 15) is 0 Å². The standard InChI is InChI=1S/C6H14N4/c1-6(2,3)5(7)9-10-8-4/h1-4H3,(H2,7,8,9). The van der Waals surface area contributed by atoms with Crippen LogP contribution in [0.15, 0.2) is 15.4 Å². The van der Waals surface area contributed by atoms with Crippen LogP contribution in [-0.2, 0) is 0 Å². The van der Waals surface area contributed by atoms with E-state index in [0.29, 0.717) is 5.84 Å². The molecule has 2 N–H and O–H groups in total. The first-order valence-electron chi connectivity index (χ1n) is 3.11. The molecule has 4 heteroatoms. The highest BCUT2D eigenvalue weighted by atomic mass is 15.4. The van der Waals surface area contributed by atoms with Crippen molar-refractivity contribution in [2.75, 3.05) is 7.05 Å². The van der Waals surface area contributed by atoms with Gasteiger partial charge in [0.25, 0.3) is 0 Å². The van der Waals surface area contributed by atoms with Gasteiger partial charge in [0.05, 0.1) is 7.05 Å². The van der Waals surface area contributed by atoms with Gasteiger partial charge in [-0.2, -0.15) is 5.11 Å². The summed E-state index contributed by atoms with van der Waals surface area (Å²) in [6.45, 7) is 5.91. The van der Waals surface area contributed by atoms with E-state index in [1.807, 2.05) is 20.8 Å². The van der Waals surface area contributed by atoms with Crippen LogP contribution in [0, 0.1) is 5.41 Å². The van der Waals surface area contributed by atoms with Gasteiger partial charge in [-0.15, -0.1) is 5.10 Å². The van der Waals surface area contributed by atoms with Gasteiger partial charge in [0.2, 0.25) is 0 Å². The van der Waals surface area contributed by atoms with Crippen molar-refractivity contribution >= 4 is 5.84 Å². The molecule has 58 valence electrons. The number of nitrogens with two attached hydrogens (primary N) is 1. The molecule has 0 bridgehead atoms. The zero-order chi connectivity index (χ0) is 8.20. The summed E-state index contributed by atoms with van der Waals surface area (Å²) >= 11 is 0. The molecule has 0 saturated carbocycles. The predicted molar refractivity (Wildman–Crippen MR) is 41.9 cm³/mol. The zero-order valence-corrected chi connectivity index (χ0v) is 6.92. The van der Waals surface area contributed by atoms with Crippen molar-refractivity contribution in [1.29, 1.82) is 0 Å². The van der Waals surface area contributed by atoms with E-state index in [1.165, 1.54) is 0 Å². The van der Waals surface area contributed by atoms with Crippen molar-refractivity contribution in [2.45, 2.75) is 20.8 Å². The fourth-order valence-corrected chi connectivity index (χ4v) is 0.243. The first-order valence-corrected chi connectivity index (χ1v) is 3.11. The molecule has 0 rings (SSSR count). The monoisotopic (exact) mass is 142 g/mol. The molecule has 0 fully saturated rings. The predicted octanol–water partition coefficient (Wildman–Crippen LogP) is 1.39. The van der Waals surface area contributed by atoms with Crippen LogP contribution in [0.1, 0.15) is 20.8 Å². The van der Waals surface area contributed by atoms with Crippen LogP contribution in [0.5, 0.6) is 0 Å². The summed E-state index contributed by atoms with van der Waals surface area (Å²) in [7, 11) is 1.56. The first-order chi connectivity index (χ1) is 4.48. The van der Waals surface area contributed by atoms with Gasteiger partial charge in [0.15, 0.2) is 0 Å². The topological polar surface area (TPSA) is 63.1 Å². The Morgan fingerprint density at radius 2 is 1.80 bits per heavy atom. The summed E-state index contributed by atoms with van der Waals surface area (Å²) in [5, 5.41) is 10.5. The Morgan fingerprint density at radius 3 is 2.10 bits per heavy atom. The molecule has 0 aliphatic carbocycles. The van der Waals surface area contributed by atoms with Crippen molar-refractivity contribution in [3.05, 3.63) is 0 Å². The molecule has 0 amide bonds. The Labute approximate surface area is 61.2 Å². The fraction of sp³-hybridized carbons (Fsp3) is 0.833. The lowest BCUT2D eigenvalue weighted by molar-refractivity contribution is 0.581. The van der Waals surface area contributed by atoms with Gasteiger partial charge in [0.1, 0.15) is 5.84 Å². The summed E-state index contributed by atoms with van der Waals surface area (Å²) in [5.41, 5.74) is 5.42. The molecule has 0 spiro atoms. The highest BCUT2D eigenvalue weighted by Gasteiger charge is 2.14. The van der Waals surface area contributed by atoms with E-state index >= 15 is 0 Å². The minimum Gasteiger partial charge on any atom is -0.385 e. The minimum atomic E-state index is -0.117. The molecule has 0 aromatic rings. The van der Waals surface area contributed by atoms with Crippen molar-refractivity contribution in [3.63, 3.8) is 0 Å². The molecule has 0 heterocycles. The van der Waals surface area contributed by atoms with Crippen LogP contribution in [0.25, 0.3) is 0 Å². The molecule has 0 aliphatic heterocycles. The number of amidine groups is 1. The Kier molecular flexibility index (Phi) is 2.99. The molecule has 10 heavy (non-hydrogen) atoms. The van der Waals surface area contributed by atoms with Gasteiger partial charge >= 0.3 is 0 Å². The molecule has 0 atom stereocenters. The minimum absolute atomic E-state index is 0.117. The number of hydrogen-bond donors (Lipinski definition) is 1. The van der Waals surface area contributed by atoms with E-state index in [4.69, 9.17) is 5.73 Å². The van der Waals surface area contributed by atoms with Gasteiger partial charge in [-0.05, 0) is 5.22 Å². The van der Waals surface area contributed by atoms with Gasteiger partial charge < -0.3 is 5.73 Å². The first kappa shape index (κ1) is 9.07. The highest BCUT2D eigenvalue weighted by Crippen LogP contribution is 2.12. The van der Waals surface area contributed by atoms with Crippen molar-refractivity contribution in [3.8, 4) is 0 Å². The van der Waals surface area contributed by atoms with Gasteiger partial charge in [0, 0.05) is 5.41 Å². The van der Waals surface area contributed by atoms with E-state index in [1.54, 1.807) is 7.05 Å². The largest absolute Gasteiger partial charge is 0.385 e. The van der Waals surface area contributed by atoms with E-state index in [-0.39, 0.29) is 5.41 Å². The van der Waals surface area contributed by atoms with Crippen molar-refractivity contribution in [2.24, 2.45) is 26.6 Å². The van der Waals surface area contributed by atoms with Crippen LogP contribution in [0.2, 0.25) is 0 Å². The lowest BCUT2D eigenvalue weighted by Crippen LogP contribution is -2.28. The molecular weight excluding hydrogens is 128 g/mol. The van der Waals surface area contributed by atoms with Crippen LogP contribution in [-0.4, -0.2) is 12.9 Å². The summed E-state index contributed by atoms with van der Waals surface area (Å²) in [4.78, 5) is 0. The molecule has 0 saturated heterocycles. The maximum absolute atomic E-state index is 5.53. The van der Waals surface area contributed by atoms with Crippen molar-refractivity contribution < 1.29 is 0 Å². The SMILES string of the molecule is C/N=N\N=C(/N)C(C)(C)C. The third-order valence-corrected chi connectivity index (χ3v) is 1.01. The molecule has 0 aromatic heterocycles. The summed E-state index contributed by atoms with van der Waals surface area (Å²) in [6, 6.07) is 0. The van der Waals surface area contributed by atoms with Gasteiger partial charge in [-0.25, -0.2) is 0 Å². The summed E-state index contributed by atoms with van der Waals surface area (Å²) < 4.78 is 0. The fourth-order valence-electron chi connectivity index (χ4n) is 0.243. The molecule has 0 unspecified atom stereocenters. The lowest BCUT2D eigenvalue weighted by atomic mass is 9.96. The zero-order valence-electron chi connectivity index (χ0n) is 6.92. The Bertz CT molecular complexity index is 152. The molecular formula is C6H14N4. The molecule has 0 aromatic carbocycles. The number of hydrogen-bond acceptors (Lipinski definition) is 2. The number of nitrogens with zero attached hydrogens (tertiary/aromatic N) is 3. The molecule has 4 nitrogen and oxygen atoms in total. The molecule has 0 aliphatic rings. The Hall–Kier alpha value is -0.930. The normalized spacial score (nSPS) is 14.6. The van der Waals surface area contributed by atoms with Crippen LogP contribution in [0.3, 0.4) is 0 Å². The van der Waals surface area contributed by atoms with Crippen LogP contribution in [0.4, 0.5) is 0 Å². The average Bonchev–Trinajstić information content (AvgIpc) is 1.80. The highest BCUT2D eigenvalue weighted by molar-refractivity contribution is 5.85. The van der Waals surface area contributed by atoms with Crippen LogP contribution < -0.4 is 5.73 Å². The second-order valence-electron chi connectivity index (χ2n) is 3.02. The Morgan fingerprint density at radius 1 is 1.30 bits per heavy atom. The maximum Gasteiger partial charge on any atom is 0.129 e. The van der Waals surface area contributed by atoms with Crippen molar-refractivity contribution in [1.82, 2.24) is 0 Å². The van der Waals surface area contributed by atoms with E-state index in [2.05, 4.69) is 15.4 Å². The van der Waals surface area contributed by atoms with Gasteiger partial charge in [-0.3, -0.25) is 0 Å². The second-order valence-corrected chi connectivity index (χ2v) is 3.02. The number of rotatable bonds is 1. The summed E-state index contributed by atoms with van der Waals surface area (Å²) in [5.74, 6) is 0.498. The smallest absolute Gasteiger partial charge is 0.129 e. The maximum atomic E-state index is 5.53. The third kappa shape index (κ3) is 3.17. The second kappa shape index (κ2) is 3.29. The summed E-state index contributed by atoms with van der Waals surface area (Å²) in [6.07, 6.45) is 0. The third-order valence-electron chi connectivity index (χ3n) is 1.01. The molecule has 0 radical (unpaired) electrons. The average molecular weight is 142 g/mol. The lowest BCUT2D eigenvalue weighted by Gasteiger charge is -2.14. The van der Waals surface area contributed by atoms with Gasteiger partial charge in [-0.1, -0.05) is 20.8 Å². The van der Waals surface area contributed by atoms with E-state index < -0.39 is 0 Å². The quantitative estimate of drug-likeness (QED) is 0.255. The van der Waals surface area contributed by atoms with E-state index in [0.717, 1.165) is 0 Å².